The summed E-state index contributed by atoms with van der Waals surface area (Å²) in [6.45, 7) is 4.25. The van der Waals surface area contributed by atoms with E-state index >= 15 is 0 Å². The first-order chi connectivity index (χ1) is 9.28. The molecule has 0 aliphatic heterocycles. The molecule has 5 heteroatoms. The minimum Gasteiger partial charge on any atom is -0.389 e. The number of amides is 1. The largest absolute Gasteiger partial charge is 0.389 e. The van der Waals surface area contributed by atoms with Crippen molar-refractivity contribution in [3.05, 3.63) is 34.3 Å². The van der Waals surface area contributed by atoms with E-state index in [2.05, 4.69) is 15.9 Å². The van der Waals surface area contributed by atoms with E-state index in [0.717, 1.165) is 10.0 Å². The van der Waals surface area contributed by atoms with Crippen molar-refractivity contribution in [3.63, 3.8) is 0 Å². The fourth-order valence-electron chi connectivity index (χ4n) is 2.11. The summed E-state index contributed by atoms with van der Waals surface area (Å²) in [4.78, 5) is 14.1. The Kier molecular flexibility index (Phi) is 6.17. The molecule has 112 valence electrons. The molecule has 0 radical (unpaired) electrons. The molecule has 1 N–H and O–H groups in total. The Morgan fingerprint density at radius 1 is 1.40 bits per heavy atom. The molecule has 1 unspecified atom stereocenters. The van der Waals surface area contributed by atoms with Gasteiger partial charge in [-0.3, -0.25) is 4.79 Å². The standard InChI is InChI=1S/C15H22BrNO3/c1-15(2,11-5-7-12(16)8-6-11)14(19)17(3)9-13(18)10-20-4/h5-8,13,18H,9-10H2,1-4H3. The minimum atomic E-state index is -0.672. The van der Waals surface area contributed by atoms with E-state index in [-0.39, 0.29) is 19.1 Å². The lowest BCUT2D eigenvalue weighted by molar-refractivity contribution is -0.136. The molecule has 1 aromatic carbocycles. The lowest BCUT2D eigenvalue weighted by Crippen LogP contribution is -2.45. The van der Waals surface area contributed by atoms with Crippen molar-refractivity contribution >= 4 is 21.8 Å². The number of ether oxygens (including phenoxy) is 1. The summed E-state index contributed by atoms with van der Waals surface area (Å²) in [5.41, 5.74) is 0.307. The normalized spacial score (nSPS) is 13.1. The molecule has 1 rings (SSSR count). The fourth-order valence-corrected chi connectivity index (χ4v) is 2.38. The molecular weight excluding hydrogens is 322 g/mol. The Bertz CT molecular complexity index is 445. The Morgan fingerprint density at radius 2 is 1.95 bits per heavy atom. The number of methoxy groups -OCH3 is 1. The molecule has 1 amide bonds. The highest BCUT2D eigenvalue weighted by Crippen LogP contribution is 2.26. The van der Waals surface area contributed by atoms with Crippen LogP contribution in [0.1, 0.15) is 19.4 Å². The molecule has 1 aromatic rings. The number of carbonyl (C=O) groups is 1. The van der Waals surface area contributed by atoms with E-state index in [9.17, 15) is 9.90 Å². The average Bonchev–Trinajstić information content (AvgIpc) is 2.38. The summed E-state index contributed by atoms with van der Waals surface area (Å²) in [7, 11) is 3.22. The van der Waals surface area contributed by atoms with E-state index < -0.39 is 11.5 Å². The van der Waals surface area contributed by atoms with Crippen LogP contribution in [0.25, 0.3) is 0 Å². The zero-order valence-electron chi connectivity index (χ0n) is 12.4. The molecule has 0 aliphatic carbocycles. The van der Waals surface area contributed by atoms with Crippen LogP contribution in [0.15, 0.2) is 28.7 Å². The zero-order valence-corrected chi connectivity index (χ0v) is 14.0. The van der Waals surface area contributed by atoms with E-state index in [1.165, 1.54) is 7.11 Å². The first-order valence-corrected chi connectivity index (χ1v) is 7.27. The molecule has 0 aromatic heterocycles. The van der Waals surface area contributed by atoms with Crippen LogP contribution in [0.4, 0.5) is 0 Å². The monoisotopic (exact) mass is 343 g/mol. The van der Waals surface area contributed by atoms with E-state index in [0.29, 0.717) is 0 Å². The lowest BCUT2D eigenvalue weighted by atomic mass is 9.83. The van der Waals surface area contributed by atoms with Gasteiger partial charge in [-0.2, -0.15) is 0 Å². The summed E-state index contributed by atoms with van der Waals surface area (Å²) in [5, 5.41) is 9.72. The third-order valence-electron chi connectivity index (χ3n) is 3.29. The van der Waals surface area contributed by atoms with Crippen LogP contribution in [0.5, 0.6) is 0 Å². The van der Waals surface area contributed by atoms with Crippen molar-refractivity contribution in [1.29, 1.82) is 0 Å². The maximum atomic E-state index is 12.6. The summed E-state index contributed by atoms with van der Waals surface area (Å²) in [5.74, 6) is -0.0324. The van der Waals surface area contributed by atoms with Crippen molar-refractivity contribution in [2.45, 2.75) is 25.4 Å². The number of hydrogen-bond acceptors (Lipinski definition) is 3. The van der Waals surface area contributed by atoms with Crippen LogP contribution in [0.2, 0.25) is 0 Å². The van der Waals surface area contributed by atoms with E-state index in [1.54, 1.807) is 11.9 Å². The van der Waals surface area contributed by atoms with E-state index in [1.807, 2.05) is 38.1 Å². The number of aliphatic hydroxyl groups excluding tert-OH is 1. The molecule has 0 fully saturated rings. The van der Waals surface area contributed by atoms with Gasteiger partial charge in [0.2, 0.25) is 5.91 Å². The average molecular weight is 344 g/mol. The van der Waals surface area contributed by atoms with Crippen LogP contribution in [0, 0.1) is 0 Å². The predicted molar refractivity (Wildman–Crippen MR) is 82.7 cm³/mol. The number of aliphatic hydroxyl groups is 1. The first kappa shape index (κ1) is 17.1. The Balaban J connectivity index is 2.80. The third kappa shape index (κ3) is 4.30. The number of rotatable bonds is 6. The topological polar surface area (TPSA) is 49.8 Å². The molecule has 0 saturated carbocycles. The first-order valence-electron chi connectivity index (χ1n) is 6.47. The summed E-state index contributed by atoms with van der Waals surface area (Å²) in [6.07, 6.45) is -0.672. The number of carbonyl (C=O) groups excluding carboxylic acids is 1. The summed E-state index contributed by atoms with van der Waals surface area (Å²) in [6, 6.07) is 7.71. The van der Waals surface area contributed by atoms with E-state index in [4.69, 9.17) is 4.74 Å². The van der Waals surface area contributed by atoms with Crippen molar-refractivity contribution in [3.8, 4) is 0 Å². The maximum absolute atomic E-state index is 12.6. The summed E-state index contributed by atoms with van der Waals surface area (Å²) < 4.78 is 5.85. The third-order valence-corrected chi connectivity index (χ3v) is 3.82. The molecule has 0 saturated heterocycles. The number of nitrogens with zero attached hydrogens (tertiary/aromatic N) is 1. The minimum absolute atomic E-state index is 0.0324. The fraction of sp³-hybridized carbons (Fsp3) is 0.533. The summed E-state index contributed by atoms with van der Waals surface area (Å²) >= 11 is 3.39. The second kappa shape index (κ2) is 7.20. The Morgan fingerprint density at radius 3 is 2.45 bits per heavy atom. The Hall–Kier alpha value is -0.910. The van der Waals surface area contributed by atoms with Crippen molar-refractivity contribution in [1.82, 2.24) is 4.90 Å². The molecule has 0 heterocycles. The highest BCUT2D eigenvalue weighted by atomic mass is 79.9. The molecule has 20 heavy (non-hydrogen) atoms. The van der Waals surface area contributed by atoms with Crippen molar-refractivity contribution in [2.24, 2.45) is 0 Å². The predicted octanol–water partition coefficient (Wildman–Crippen LogP) is 2.19. The lowest BCUT2D eigenvalue weighted by Gasteiger charge is -2.31. The number of halogens is 1. The van der Waals surface area contributed by atoms with Gasteiger partial charge in [0.05, 0.1) is 18.1 Å². The van der Waals surface area contributed by atoms with Crippen molar-refractivity contribution < 1.29 is 14.6 Å². The van der Waals surface area contributed by atoms with Gasteiger partial charge in [0.1, 0.15) is 0 Å². The van der Waals surface area contributed by atoms with Gasteiger partial charge in [-0.05, 0) is 31.5 Å². The van der Waals surface area contributed by atoms with Gasteiger partial charge in [0, 0.05) is 25.2 Å². The van der Waals surface area contributed by atoms with Gasteiger partial charge < -0.3 is 14.7 Å². The van der Waals surface area contributed by atoms with Crippen molar-refractivity contribution in [2.75, 3.05) is 27.3 Å². The highest BCUT2D eigenvalue weighted by Gasteiger charge is 2.32. The second-order valence-electron chi connectivity index (χ2n) is 5.43. The Labute approximate surface area is 128 Å². The molecule has 4 nitrogen and oxygen atoms in total. The van der Waals surface area contributed by atoms with Gasteiger partial charge in [-0.1, -0.05) is 28.1 Å². The molecular formula is C15H22BrNO3. The molecule has 1 atom stereocenters. The van der Waals surface area contributed by atoms with Gasteiger partial charge in [-0.15, -0.1) is 0 Å². The highest BCUT2D eigenvalue weighted by molar-refractivity contribution is 9.10. The van der Waals surface area contributed by atoms with Gasteiger partial charge in [0.15, 0.2) is 0 Å². The molecule has 0 bridgehead atoms. The van der Waals surface area contributed by atoms with Crippen LogP contribution in [-0.4, -0.2) is 49.3 Å². The number of hydrogen-bond donors (Lipinski definition) is 1. The molecule has 0 spiro atoms. The van der Waals surface area contributed by atoms with Gasteiger partial charge in [0.25, 0.3) is 0 Å². The maximum Gasteiger partial charge on any atom is 0.232 e. The zero-order chi connectivity index (χ0) is 15.3. The van der Waals surface area contributed by atoms with Gasteiger partial charge >= 0.3 is 0 Å². The quantitative estimate of drug-likeness (QED) is 0.861. The van der Waals surface area contributed by atoms with Crippen LogP contribution >= 0.6 is 15.9 Å². The SMILES string of the molecule is COCC(O)CN(C)C(=O)C(C)(C)c1ccc(Br)cc1. The van der Waals surface area contributed by atoms with Crippen LogP contribution < -0.4 is 0 Å². The number of benzene rings is 1. The molecule has 0 aliphatic rings. The number of likely N-dealkylation sites (N-methyl/N-ethyl adjacent to an activating group) is 1. The van der Waals surface area contributed by atoms with Gasteiger partial charge in [-0.25, -0.2) is 0 Å². The van der Waals surface area contributed by atoms with Crippen LogP contribution in [0.3, 0.4) is 0 Å². The smallest absolute Gasteiger partial charge is 0.232 e. The van der Waals surface area contributed by atoms with Crippen LogP contribution in [-0.2, 0) is 14.9 Å². The second-order valence-corrected chi connectivity index (χ2v) is 6.34.